The fourth-order valence-corrected chi connectivity index (χ4v) is 2.14. The van der Waals surface area contributed by atoms with E-state index in [1.165, 1.54) is 18.9 Å². The van der Waals surface area contributed by atoms with Crippen molar-refractivity contribution in [3.8, 4) is 0 Å². The third kappa shape index (κ3) is 1.86. The highest BCUT2D eigenvalue weighted by Gasteiger charge is 2.35. The van der Waals surface area contributed by atoms with Crippen LogP contribution in [0.5, 0.6) is 0 Å². The van der Waals surface area contributed by atoms with Crippen molar-refractivity contribution in [3.05, 3.63) is 0 Å². The van der Waals surface area contributed by atoms with Gasteiger partial charge in [-0.3, -0.25) is 0 Å². The van der Waals surface area contributed by atoms with E-state index < -0.39 is 18.2 Å². The molecule has 1 aliphatic rings. The van der Waals surface area contributed by atoms with Gasteiger partial charge in [-0.2, -0.15) is 0 Å². The zero-order valence-corrected chi connectivity index (χ0v) is 7.12. The molecule has 1 saturated heterocycles. The molecule has 1 heterocycles. The summed E-state index contributed by atoms with van der Waals surface area (Å²) in [7, 11) is 1.52. The van der Waals surface area contributed by atoms with E-state index in [2.05, 4.69) is 0 Å². The number of thioether (sulfide) groups is 1. The SMILES string of the molecule is COC1SCC(O)C(N)C1O. The van der Waals surface area contributed by atoms with Crippen molar-refractivity contribution in [2.45, 2.75) is 23.7 Å². The van der Waals surface area contributed by atoms with Crippen molar-refractivity contribution < 1.29 is 14.9 Å². The summed E-state index contributed by atoms with van der Waals surface area (Å²) >= 11 is 1.38. The van der Waals surface area contributed by atoms with Gasteiger partial charge in [-0.1, -0.05) is 0 Å². The molecule has 0 aliphatic carbocycles. The first kappa shape index (κ1) is 9.28. The summed E-state index contributed by atoms with van der Waals surface area (Å²) in [6, 6.07) is -0.582. The molecule has 11 heavy (non-hydrogen) atoms. The molecule has 1 rings (SSSR count). The molecule has 66 valence electrons. The third-order valence-electron chi connectivity index (χ3n) is 1.78. The molecule has 4 unspecified atom stereocenters. The van der Waals surface area contributed by atoms with E-state index in [0.717, 1.165) is 0 Å². The number of hydrogen-bond acceptors (Lipinski definition) is 5. The molecule has 5 heteroatoms. The van der Waals surface area contributed by atoms with E-state index in [1.54, 1.807) is 0 Å². The number of methoxy groups -OCH3 is 1. The lowest BCUT2D eigenvalue weighted by Crippen LogP contribution is -2.54. The quantitative estimate of drug-likeness (QED) is 0.469. The number of ether oxygens (including phenoxy) is 1. The maximum atomic E-state index is 9.38. The summed E-state index contributed by atoms with van der Waals surface area (Å²) < 4.78 is 4.94. The summed E-state index contributed by atoms with van der Waals surface area (Å²) in [5.74, 6) is 0.525. The van der Waals surface area contributed by atoms with Crippen LogP contribution in [0.25, 0.3) is 0 Å². The van der Waals surface area contributed by atoms with E-state index in [1.807, 2.05) is 0 Å². The molecule has 0 aromatic rings. The third-order valence-corrected chi connectivity index (χ3v) is 3.11. The van der Waals surface area contributed by atoms with Crippen LogP contribution < -0.4 is 5.73 Å². The standard InChI is InChI=1S/C6H13NO3S/c1-10-6-5(9)4(7)3(8)2-11-6/h3-6,8-9H,2,7H2,1H3. The van der Waals surface area contributed by atoms with Gasteiger partial charge in [0.2, 0.25) is 0 Å². The molecular formula is C6H13NO3S. The summed E-state index contributed by atoms with van der Waals surface area (Å²) in [5.41, 5.74) is 5.20. The van der Waals surface area contributed by atoms with E-state index in [-0.39, 0.29) is 5.44 Å². The molecule has 4 nitrogen and oxygen atoms in total. The van der Waals surface area contributed by atoms with E-state index in [0.29, 0.717) is 5.75 Å². The number of nitrogens with two attached hydrogens (primary N) is 1. The lowest BCUT2D eigenvalue weighted by Gasteiger charge is -2.34. The Bertz CT molecular complexity index is 133. The molecule has 0 amide bonds. The van der Waals surface area contributed by atoms with Crippen molar-refractivity contribution >= 4 is 11.8 Å². The van der Waals surface area contributed by atoms with Crippen LogP contribution in [-0.4, -0.2) is 46.8 Å². The highest BCUT2D eigenvalue weighted by molar-refractivity contribution is 7.99. The number of aliphatic hydroxyl groups excluding tert-OH is 2. The van der Waals surface area contributed by atoms with E-state index in [4.69, 9.17) is 10.5 Å². The Balaban J connectivity index is 2.52. The summed E-state index contributed by atoms with van der Waals surface area (Å²) in [6.07, 6.45) is -1.39. The molecule has 1 aliphatic heterocycles. The summed E-state index contributed by atoms with van der Waals surface area (Å²) in [5, 5.41) is 18.6. The van der Waals surface area contributed by atoms with Crippen LogP contribution >= 0.6 is 11.8 Å². The fourth-order valence-electron chi connectivity index (χ4n) is 1.02. The maximum absolute atomic E-state index is 9.38. The van der Waals surface area contributed by atoms with Gasteiger partial charge in [0.1, 0.15) is 11.5 Å². The normalized spacial score (nSPS) is 45.8. The maximum Gasteiger partial charge on any atom is 0.130 e. The molecule has 0 aromatic heterocycles. The zero-order chi connectivity index (χ0) is 8.43. The van der Waals surface area contributed by atoms with Gasteiger partial charge in [-0.25, -0.2) is 0 Å². The predicted molar refractivity (Wildman–Crippen MR) is 43.2 cm³/mol. The topological polar surface area (TPSA) is 75.7 Å². The molecule has 4 N–H and O–H groups in total. The number of rotatable bonds is 1. The van der Waals surface area contributed by atoms with Crippen molar-refractivity contribution in [2.75, 3.05) is 12.9 Å². The first-order chi connectivity index (χ1) is 5.16. The Hall–Kier alpha value is 0.190. The highest BCUT2D eigenvalue weighted by atomic mass is 32.2. The largest absolute Gasteiger partial charge is 0.391 e. The number of hydrogen-bond donors (Lipinski definition) is 3. The minimum absolute atomic E-state index is 0.298. The average Bonchev–Trinajstić information content (AvgIpc) is 2.01. The molecule has 0 bridgehead atoms. The van der Waals surface area contributed by atoms with E-state index in [9.17, 15) is 10.2 Å². The van der Waals surface area contributed by atoms with Crippen LogP contribution in [0.2, 0.25) is 0 Å². The Morgan fingerprint density at radius 2 is 2.18 bits per heavy atom. The molecular weight excluding hydrogens is 166 g/mol. The van der Waals surface area contributed by atoms with Crippen LogP contribution in [0.3, 0.4) is 0 Å². The van der Waals surface area contributed by atoms with Crippen molar-refractivity contribution in [2.24, 2.45) is 5.73 Å². The highest BCUT2D eigenvalue weighted by Crippen LogP contribution is 2.25. The molecule has 0 saturated carbocycles. The first-order valence-corrected chi connectivity index (χ1v) is 4.48. The molecule has 0 radical (unpaired) electrons. The average molecular weight is 179 g/mol. The van der Waals surface area contributed by atoms with Gasteiger partial charge in [0.05, 0.1) is 12.1 Å². The van der Waals surface area contributed by atoms with Crippen LogP contribution in [-0.2, 0) is 4.74 Å². The fraction of sp³-hybridized carbons (Fsp3) is 1.00. The van der Waals surface area contributed by atoms with Gasteiger partial charge in [-0.15, -0.1) is 11.8 Å². The lowest BCUT2D eigenvalue weighted by atomic mass is 10.1. The van der Waals surface area contributed by atoms with Crippen LogP contribution in [0, 0.1) is 0 Å². The minimum atomic E-state index is -0.770. The predicted octanol–water partition coefficient (Wildman–Crippen LogP) is -1.25. The summed E-state index contributed by atoms with van der Waals surface area (Å²) in [6.45, 7) is 0. The number of aliphatic hydroxyl groups is 2. The van der Waals surface area contributed by atoms with Gasteiger partial charge >= 0.3 is 0 Å². The Morgan fingerprint density at radius 3 is 2.73 bits per heavy atom. The second kappa shape index (κ2) is 3.73. The molecule has 0 spiro atoms. The Morgan fingerprint density at radius 1 is 1.55 bits per heavy atom. The first-order valence-electron chi connectivity index (χ1n) is 3.43. The van der Waals surface area contributed by atoms with Crippen molar-refractivity contribution in [3.63, 3.8) is 0 Å². The van der Waals surface area contributed by atoms with Crippen LogP contribution in [0.1, 0.15) is 0 Å². The summed E-state index contributed by atoms with van der Waals surface area (Å²) in [4.78, 5) is 0. The zero-order valence-electron chi connectivity index (χ0n) is 6.30. The minimum Gasteiger partial charge on any atom is -0.391 e. The van der Waals surface area contributed by atoms with Crippen LogP contribution in [0.4, 0.5) is 0 Å². The van der Waals surface area contributed by atoms with Gasteiger partial charge in [0, 0.05) is 12.9 Å². The molecule has 0 aromatic carbocycles. The second-order valence-electron chi connectivity index (χ2n) is 2.57. The Labute approximate surface area is 69.7 Å². The van der Waals surface area contributed by atoms with Crippen molar-refractivity contribution in [1.82, 2.24) is 0 Å². The lowest BCUT2D eigenvalue weighted by molar-refractivity contribution is -0.0108. The monoisotopic (exact) mass is 179 g/mol. The van der Waals surface area contributed by atoms with E-state index >= 15 is 0 Å². The van der Waals surface area contributed by atoms with Gasteiger partial charge in [0.25, 0.3) is 0 Å². The Kier molecular flexibility index (Phi) is 3.15. The smallest absolute Gasteiger partial charge is 0.130 e. The van der Waals surface area contributed by atoms with Gasteiger partial charge < -0.3 is 20.7 Å². The molecule has 4 atom stereocenters. The van der Waals surface area contributed by atoms with Gasteiger partial charge in [-0.05, 0) is 0 Å². The second-order valence-corrected chi connectivity index (χ2v) is 3.70. The van der Waals surface area contributed by atoms with Gasteiger partial charge in [0.15, 0.2) is 0 Å². The molecule has 1 fully saturated rings. The van der Waals surface area contributed by atoms with Crippen LogP contribution in [0.15, 0.2) is 0 Å². The van der Waals surface area contributed by atoms with Crippen molar-refractivity contribution in [1.29, 1.82) is 0 Å².